The number of nitrogens with zero attached hydrogens (tertiary/aromatic N) is 1. The molecule has 0 atom stereocenters. The van der Waals surface area contributed by atoms with Gasteiger partial charge in [-0.1, -0.05) is 58.4 Å². The highest BCUT2D eigenvalue weighted by atomic mass is 79.9. The molecule has 0 bridgehead atoms. The number of fused-ring (bicyclic) bond motifs is 1. The van der Waals surface area contributed by atoms with Crippen molar-refractivity contribution in [3.63, 3.8) is 0 Å². The molecule has 2 heteroatoms. The first-order valence-corrected chi connectivity index (χ1v) is 6.90. The fourth-order valence-corrected chi connectivity index (χ4v) is 2.38. The molecule has 0 amide bonds. The molecule has 19 heavy (non-hydrogen) atoms. The van der Waals surface area contributed by atoms with Crippen molar-refractivity contribution >= 4 is 39.0 Å². The summed E-state index contributed by atoms with van der Waals surface area (Å²) < 4.78 is 1.08. The molecule has 0 radical (unpaired) electrons. The van der Waals surface area contributed by atoms with Crippen LogP contribution in [0.4, 0.5) is 0 Å². The zero-order chi connectivity index (χ0) is 13.1. The van der Waals surface area contributed by atoms with Crippen molar-refractivity contribution < 1.29 is 0 Å². The fraction of sp³-hybridized carbons (Fsp3) is 0. The molecule has 0 N–H and O–H groups in total. The second kappa shape index (κ2) is 5.37. The zero-order valence-electron chi connectivity index (χ0n) is 10.3. The molecule has 2 aromatic carbocycles. The van der Waals surface area contributed by atoms with Crippen LogP contribution in [0, 0.1) is 0 Å². The Kier molecular flexibility index (Phi) is 3.43. The number of benzene rings is 2. The molecule has 1 nitrogen and oxygen atoms in total. The Morgan fingerprint density at radius 1 is 0.842 bits per heavy atom. The first-order valence-electron chi connectivity index (χ1n) is 6.11. The van der Waals surface area contributed by atoms with Crippen molar-refractivity contribution in [3.8, 4) is 0 Å². The number of pyridine rings is 1. The van der Waals surface area contributed by atoms with E-state index >= 15 is 0 Å². The number of rotatable bonds is 2. The van der Waals surface area contributed by atoms with E-state index in [1.165, 1.54) is 5.39 Å². The Bertz CT molecular complexity index is 747. The lowest BCUT2D eigenvalue weighted by molar-refractivity contribution is 1.37. The van der Waals surface area contributed by atoms with Crippen molar-refractivity contribution in [2.75, 3.05) is 0 Å². The summed E-state index contributed by atoms with van der Waals surface area (Å²) in [6.45, 7) is 0. The standard InChI is InChI=1S/C17H12BrN/c18-15-6-3-4-13(12-15)8-10-16-11-9-14-5-1-2-7-17(14)19-16/h1-12H. The third-order valence-corrected chi connectivity index (χ3v) is 3.41. The van der Waals surface area contributed by atoms with Crippen LogP contribution < -0.4 is 0 Å². The maximum absolute atomic E-state index is 4.61. The van der Waals surface area contributed by atoms with Gasteiger partial charge in [-0.05, 0) is 35.9 Å². The first-order chi connectivity index (χ1) is 9.31. The van der Waals surface area contributed by atoms with Gasteiger partial charge < -0.3 is 0 Å². The summed E-state index contributed by atoms with van der Waals surface area (Å²) in [5, 5.41) is 1.17. The van der Waals surface area contributed by atoms with Gasteiger partial charge in [0, 0.05) is 9.86 Å². The summed E-state index contributed by atoms with van der Waals surface area (Å²) in [5.74, 6) is 0. The molecule has 3 rings (SSSR count). The minimum atomic E-state index is 0.971. The van der Waals surface area contributed by atoms with Gasteiger partial charge in [0.15, 0.2) is 0 Å². The van der Waals surface area contributed by atoms with Crippen molar-refractivity contribution in [2.45, 2.75) is 0 Å². The Morgan fingerprint density at radius 2 is 1.74 bits per heavy atom. The van der Waals surface area contributed by atoms with E-state index in [4.69, 9.17) is 0 Å². The maximum Gasteiger partial charge on any atom is 0.0709 e. The smallest absolute Gasteiger partial charge is 0.0709 e. The van der Waals surface area contributed by atoms with Gasteiger partial charge in [0.1, 0.15) is 0 Å². The molecule has 0 aliphatic heterocycles. The Balaban J connectivity index is 1.92. The number of para-hydroxylation sites is 1. The first kappa shape index (κ1) is 12.1. The van der Waals surface area contributed by atoms with Gasteiger partial charge in [0.2, 0.25) is 0 Å². The van der Waals surface area contributed by atoms with E-state index in [-0.39, 0.29) is 0 Å². The second-order valence-corrected chi connectivity index (χ2v) is 5.23. The van der Waals surface area contributed by atoms with E-state index < -0.39 is 0 Å². The monoisotopic (exact) mass is 309 g/mol. The number of hydrogen-bond donors (Lipinski definition) is 0. The molecular weight excluding hydrogens is 298 g/mol. The summed E-state index contributed by atoms with van der Waals surface area (Å²) in [5.41, 5.74) is 3.15. The summed E-state index contributed by atoms with van der Waals surface area (Å²) in [6.07, 6.45) is 4.11. The van der Waals surface area contributed by atoms with Crippen LogP contribution in [0.15, 0.2) is 65.1 Å². The molecule has 0 fully saturated rings. The highest BCUT2D eigenvalue weighted by molar-refractivity contribution is 9.10. The van der Waals surface area contributed by atoms with Gasteiger partial charge in [-0.2, -0.15) is 0 Å². The number of aromatic nitrogens is 1. The average molecular weight is 310 g/mol. The Morgan fingerprint density at radius 3 is 2.63 bits per heavy atom. The van der Waals surface area contributed by atoms with Crippen LogP contribution in [-0.4, -0.2) is 4.98 Å². The predicted molar refractivity (Wildman–Crippen MR) is 84.8 cm³/mol. The average Bonchev–Trinajstić information content (AvgIpc) is 2.45. The van der Waals surface area contributed by atoms with Gasteiger partial charge in [-0.15, -0.1) is 0 Å². The topological polar surface area (TPSA) is 12.9 Å². The number of hydrogen-bond acceptors (Lipinski definition) is 1. The molecule has 0 aliphatic rings. The van der Waals surface area contributed by atoms with Crippen LogP contribution in [0.5, 0.6) is 0 Å². The van der Waals surface area contributed by atoms with Gasteiger partial charge in [0.05, 0.1) is 11.2 Å². The fourth-order valence-electron chi connectivity index (χ4n) is 1.97. The largest absolute Gasteiger partial charge is 0.248 e. The highest BCUT2D eigenvalue weighted by Gasteiger charge is 1.95. The Hall–Kier alpha value is -1.93. The van der Waals surface area contributed by atoms with Gasteiger partial charge in [-0.25, -0.2) is 4.98 Å². The lowest BCUT2D eigenvalue weighted by Gasteiger charge is -1.99. The van der Waals surface area contributed by atoms with E-state index in [0.29, 0.717) is 0 Å². The molecule has 0 saturated heterocycles. The molecule has 0 saturated carbocycles. The maximum atomic E-state index is 4.61. The van der Waals surface area contributed by atoms with E-state index in [2.05, 4.69) is 51.3 Å². The Labute approximate surface area is 120 Å². The van der Waals surface area contributed by atoms with Gasteiger partial charge in [0.25, 0.3) is 0 Å². The van der Waals surface area contributed by atoms with Gasteiger partial charge in [-0.3, -0.25) is 0 Å². The predicted octanol–water partition coefficient (Wildman–Crippen LogP) is 5.17. The molecule has 1 heterocycles. The highest BCUT2D eigenvalue weighted by Crippen LogP contribution is 2.16. The summed E-state index contributed by atoms with van der Waals surface area (Å²) in [6, 6.07) is 20.5. The molecule has 0 spiro atoms. The SMILES string of the molecule is Brc1cccc(C=Cc2ccc3ccccc3n2)c1. The van der Waals surface area contributed by atoms with Crippen LogP contribution >= 0.6 is 15.9 Å². The lowest BCUT2D eigenvalue weighted by atomic mass is 10.1. The second-order valence-electron chi connectivity index (χ2n) is 4.32. The normalized spacial score (nSPS) is 11.2. The quantitative estimate of drug-likeness (QED) is 0.636. The van der Waals surface area contributed by atoms with Crippen LogP contribution in [0.2, 0.25) is 0 Å². The van der Waals surface area contributed by atoms with E-state index in [1.54, 1.807) is 0 Å². The van der Waals surface area contributed by atoms with Crippen molar-refractivity contribution in [3.05, 3.63) is 76.4 Å². The van der Waals surface area contributed by atoms with E-state index in [1.807, 2.05) is 42.5 Å². The van der Waals surface area contributed by atoms with Crippen LogP contribution in [0.1, 0.15) is 11.3 Å². The van der Waals surface area contributed by atoms with Gasteiger partial charge >= 0.3 is 0 Å². The zero-order valence-corrected chi connectivity index (χ0v) is 11.8. The minimum Gasteiger partial charge on any atom is -0.248 e. The minimum absolute atomic E-state index is 0.971. The summed E-state index contributed by atoms with van der Waals surface area (Å²) >= 11 is 3.47. The molecule has 0 unspecified atom stereocenters. The molecular formula is C17H12BrN. The van der Waals surface area contributed by atoms with Crippen LogP contribution in [-0.2, 0) is 0 Å². The third kappa shape index (κ3) is 2.91. The molecule has 0 aliphatic carbocycles. The van der Waals surface area contributed by atoms with Crippen molar-refractivity contribution in [1.29, 1.82) is 0 Å². The lowest BCUT2D eigenvalue weighted by Crippen LogP contribution is -1.82. The number of halogens is 1. The van der Waals surface area contributed by atoms with E-state index in [0.717, 1.165) is 21.2 Å². The van der Waals surface area contributed by atoms with E-state index in [9.17, 15) is 0 Å². The summed E-state index contributed by atoms with van der Waals surface area (Å²) in [7, 11) is 0. The molecule has 1 aromatic heterocycles. The molecule has 3 aromatic rings. The molecule has 92 valence electrons. The van der Waals surface area contributed by atoms with Crippen molar-refractivity contribution in [2.24, 2.45) is 0 Å². The van der Waals surface area contributed by atoms with Crippen LogP contribution in [0.3, 0.4) is 0 Å². The summed E-state index contributed by atoms with van der Waals surface area (Å²) in [4.78, 5) is 4.61. The van der Waals surface area contributed by atoms with Crippen LogP contribution in [0.25, 0.3) is 23.1 Å². The third-order valence-electron chi connectivity index (χ3n) is 2.92. The van der Waals surface area contributed by atoms with Crippen molar-refractivity contribution in [1.82, 2.24) is 4.98 Å².